The van der Waals surface area contributed by atoms with Gasteiger partial charge in [-0.1, -0.05) is 25.8 Å². The molecule has 2 N–H and O–H groups in total. The van der Waals surface area contributed by atoms with E-state index in [-0.39, 0.29) is 5.91 Å². The molecule has 0 aliphatic rings. The average Bonchev–Trinajstić information content (AvgIpc) is 2.50. The summed E-state index contributed by atoms with van der Waals surface area (Å²) in [7, 11) is 1.33. The Bertz CT molecular complexity index is 461. The van der Waals surface area contributed by atoms with Crippen molar-refractivity contribution in [3.8, 4) is 0 Å². The zero-order chi connectivity index (χ0) is 15.5. The van der Waals surface area contributed by atoms with E-state index in [4.69, 9.17) is 0 Å². The standard InChI is InChI=1S/C16H24N2O3/c1-3-4-5-10-17-11-9-15(19)18-14-8-6-7-13(12-14)16(20)21-2/h6-8,12,17H,3-5,9-11H2,1-2H3,(H,18,19). The lowest BCUT2D eigenvalue weighted by atomic mass is 10.2. The molecular formula is C16H24N2O3. The second-order valence-electron chi connectivity index (χ2n) is 4.83. The van der Waals surface area contributed by atoms with Gasteiger partial charge in [0.25, 0.3) is 0 Å². The van der Waals surface area contributed by atoms with Crippen LogP contribution in [-0.4, -0.2) is 32.1 Å². The van der Waals surface area contributed by atoms with Gasteiger partial charge in [0, 0.05) is 18.7 Å². The molecule has 0 bridgehead atoms. The molecule has 0 saturated carbocycles. The van der Waals surface area contributed by atoms with Gasteiger partial charge in [-0.3, -0.25) is 4.79 Å². The molecule has 0 saturated heterocycles. The van der Waals surface area contributed by atoms with Crippen molar-refractivity contribution in [1.29, 1.82) is 0 Å². The van der Waals surface area contributed by atoms with Crippen molar-refractivity contribution < 1.29 is 14.3 Å². The molecular weight excluding hydrogens is 268 g/mol. The molecule has 0 heterocycles. The van der Waals surface area contributed by atoms with E-state index in [1.54, 1.807) is 24.3 Å². The number of hydrogen-bond donors (Lipinski definition) is 2. The van der Waals surface area contributed by atoms with Gasteiger partial charge in [-0.2, -0.15) is 0 Å². The summed E-state index contributed by atoms with van der Waals surface area (Å²) in [4.78, 5) is 23.2. The van der Waals surface area contributed by atoms with E-state index in [0.717, 1.165) is 13.0 Å². The van der Waals surface area contributed by atoms with E-state index in [1.807, 2.05) is 0 Å². The zero-order valence-electron chi connectivity index (χ0n) is 12.8. The second-order valence-corrected chi connectivity index (χ2v) is 4.83. The summed E-state index contributed by atoms with van der Waals surface area (Å²) in [5, 5.41) is 6.02. The quantitative estimate of drug-likeness (QED) is 0.542. The Morgan fingerprint density at radius 3 is 2.71 bits per heavy atom. The van der Waals surface area contributed by atoms with Crippen LogP contribution in [0.1, 0.15) is 43.0 Å². The van der Waals surface area contributed by atoms with Crippen LogP contribution in [-0.2, 0) is 9.53 Å². The maximum Gasteiger partial charge on any atom is 0.337 e. The lowest BCUT2D eigenvalue weighted by Crippen LogP contribution is -2.22. The van der Waals surface area contributed by atoms with Gasteiger partial charge in [-0.15, -0.1) is 0 Å². The van der Waals surface area contributed by atoms with Crippen molar-refractivity contribution in [1.82, 2.24) is 5.32 Å². The molecule has 0 aliphatic heterocycles. The highest BCUT2D eigenvalue weighted by Crippen LogP contribution is 2.11. The number of rotatable bonds is 9. The predicted molar refractivity (Wildman–Crippen MR) is 83.4 cm³/mol. The van der Waals surface area contributed by atoms with Crippen molar-refractivity contribution in [2.45, 2.75) is 32.6 Å². The number of ether oxygens (including phenoxy) is 1. The lowest BCUT2D eigenvalue weighted by molar-refractivity contribution is -0.116. The molecule has 5 heteroatoms. The van der Waals surface area contributed by atoms with E-state index in [9.17, 15) is 9.59 Å². The normalized spacial score (nSPS) is 10.2. The molecule has 1 aromatic carbocycles. The number of benzene rings is 1. The number of unbranched alkanes of at least 4 members (excludes halogenated alkanes) is 2. The van der Waals surface area contributed by atoms with Crippen LogP contribution in [0, 0.1) is 0 Å². The third-order valence-electron chi connectivity index (χ3n) is 3.05. The molecule has 1 rings (SSSR count). The molecule has 0 fully saturated rings. The Balaban J connectivity index is 2.32. The molecule has 116 valence electrons. The van der Waals surface area contributed by atoms with Gasteiger partial charge < -0.3 is 15.4 Å². The fourth-order valence-electron chi connectivity index (χ4n) is 1.89. The number of esters is 1. The lowest BCUT2D eigenvalue weighted by Gasteiger charge is -2.07. The number of nitrogens with one attached hydrogen (secondary N) is 2. The van der Waals surface area contributed by atoms with Crippen molar-refractivity contribution in [3.05, 3.63) is 29.8 Å². The van der Waals surface area contributed by atoms with Gasteiger partial charge in [-0.25, -0.2) is 4.79 Å². The van der Waals surface area contributed by atoms with Crippen LogP contribution in [0.15, 0.2) is 24.3 Å². The first-order valence-electron chi connectivity index (χ1n) is 7.36. The number of hydrogen-bond acceptors (Lipinski definition) is 4. The minimum atomic E-state index is -0.413. The smallest absolute Gasteiger partial charge is 0.337 e. The van der Waals surface area contributed by atoms with Crippen LogP contribution < -0.4 is 10.6 Å². The largest absolute Gasteiger partial charge is 0.465 e. The first kappa shape index (κ1) is 17.2. The second kappa shape index (κ2) is 9.94. The summed E-state index contributed by atoms with van der Waals surface area (Å²) in [6.45, 7) is 3.76. The highest BCUT2D eigenvalue weighted by Gasteiger charge is 2.07. The third kappa shape index (κ3) is 6.90. The highest BCUT2D eigenvalue weighted by atomic mass is 16.5. The Labute approximate surface area is 126 Å². The van der Waals surface area contributed by atoms with Crippen LogP contribution in [0.4, 0.5) is 5.69 Å². The maximum atomic E-state index is 11.8. The molecule has 0 atom stereocenters. The minimum absolute atomic E-state index is 0.0694. The number of carbonyl (C=O) groups is 2. The number of anilines is 1. The predicted octanol–water partition coefficient (Wildman–Crippen LogP) is 2.58. The molecule has 5 nitrogen and oxygen atoms in total. The summed E-state index contributed by atoms with van der Waals surface area (Å²) in [5.41, 5.74) is 1.03. The van der Waals surface area contributed by atoms with Crippen molar-refractivity contribution in [2.24, 2.45) is 0 Å². The fourth-order valence-corrected chi connectivity index (χ4v) is 1.89. The van der Waals surface area contributed by atoms with Gasteiger partial charge in [-0.05, 0) is 31.2 Å². The van der Waals surface area contributed by atoms with Gasteiger partial charge in [0.05, 0.1) is 12.7 Å². The molecule has 0 radical (unpaired) electrons. The Morgan fingerprint density at radius 2 is 2.00 bits per heavy atom. The summed E-state index contributed by atoms with van der Waals surface area (Å²) in [6.07, 6.45) is 3.95. The SMILES string of the molecule is CCCCCNCCC(=O)Nc1cccc(C(=O)OC)c1. The van der Waals surface area contributed by atoms with Crippen molar-refractivity contribution in [2.75, 3.05) is 25.5 Å². The zero-order valence-corrected chi connectivity index (χ0v) is 12.8. The van der Waals surface area contributed by atoms with Crippen LogP contribution in [0.5, 0.6) is 0 Å². The number of amides is 1. The first-order valence-corrected chi connectivity index (χ1v) is 7.36. The van der Waals surface area contributed by atoms with Gasteiger partial charge >= 0.3 is 5.97 Å². The summed E-state index contributed by atoms with van der Waals surface area (Å²) in [5.74, 6) is -0.483. The molecule has 21 heavy (non-hydrogen) atoms. The van der Waals surface area contributed by atoms with Crippen LogP contribution in [0.25, 0.3) is 0 Å². The Hall–Kier alpha value is -1.88. The van der Waals surface area contributed by atoms with Crippen molar-refractivity contribution in [3.63, 3.8) is 0 Å². The monoisotopic (exact) mass is 292 g/mol. The first-order chi connectivity index (χ1) is 10.2. The summed E-state index contributed by atoms with van der Waals surface area (Å²) >= 11 is 0. The highest BCUT2D eigenvalue weighted by molar-refractivity contribution is 5.94. The third-order valence-corrected chi connectivity index (χ3v) is 3.05. The van der Waals surface area contributed by atoms with Crippen molar-refractivity contribution >= 4 is 17.6 Å². The maximum absolute atomic E-state index is 11.8. The Morgan fingerprint density at radius 1 is 1.19 bits per heavy atom. The number of carbonyl (C=O) groups excluding carboxylic acids is 2. The number of methoxy groups -OCH3 is 1. The van der Waals surface area contributed by atoms with Crippen LogP contribution >= 0.6 is 0 Å². The summed E-state index contributed by atoms with van der Waals surface area (Å²) in [6, 6.07) is 6.72. The minimum Gasteiger partial charge on any atom is -0.465 e. The average molecular weight is 292 g/mol. The van der Waals surface area contributed by atoms with E-state index in [0.29, 0.717) is 24.2 Å². The van der Waals surface area contributed by atoms with Gasteiger partial charge in [0.2, 0.25) is 5.91 Å². The van der Waals surface area contributed by atoms with Gasteiger partial charge in [0.1, 0.15) is 0 Å². The van der Waals surface area contributed by atoms with E-state index in [2.05, 4.69) is 22.3 Å². The van der Waals surface area contributed by atoms with E-state index < -0.39 is 5.97 Å². The van der Waals surface area contributed by atoms with Crippen LogP contribution in [0.3, 0.4) is 0 Å². The van der Waals surface area contributed by atoms with E-state index in [1.165, 1.54) is 20.0 Å². The topological polar surface area (TPSA) is 67.4 Å². The fraction of sp³-hybridized carbons (Fsp3) is 0.500. The summed E-state index contributed by atoms with van der Waals surface area (Å²) < 4.78 is 4.65. The van der Waals surface area contributed by atoms with Gasteiger partial charge in [0.15, 0.2) is 0 Å². The molecule has 0 aromatic heterocycles. The molecule has 0 unspecified atom stereocenters. The molecule has 1 aromatic rings. The van der Waals surface area contributed by atoms with E-state index >= 15 is 0 Å². The molecule has 0 spiro atoms. The Kier molecular flexibility index (Phi) is 8.12. The van der Waals surface area contributed by atoms with Crippen LogP contribution in [0.2, 0.25) is 0 Å². The molecule has 0 aliphatic carbocycles. The molecule has 1 amide bonds.